The fourth-order valence-electron chi connectivity index (χ4n) is 2.08. The van der Waals surface area contributed by atoms with Crippen LogP contribution in [0.2, 0.25) is 0 Å². The summed E-state index contributed by atoms with van der Waals surface area (Å²) >= 11 is 1.15. The summed E-state index contributed by atoms with van der Waals surface area (Å²) in [5.74, 6) is 5.92. The van der Waals surface area contributed by atoms with Gasteiger partial charge in [-0.3, -0.25) is 9.78 Å². The minimum atomic E-state index is -0.349. The Balaban J connectivity index is 1.56. The van der Waals surface area contributed by atoms with Crippen LogP contribution in [0.5, 0.6) is 0 Å². The lowest BCUT2D eigenvalue weighted by molar-refractivity contribution is -0.118. The van der Waals surface area contributed by atoms with Crippen LogP contribution in [0.15, 0.2) is 53.9 Å². The zero-order chi connectivity index (χ0) is 17.6. The third-order valence-electron chi connectivity index (χ3n) is 3.35. The molecule has 25 heavy (non-hydrogen) atoms. The largest absolute Gasteiger partial charge is 0.351 e. The maximum atomic E-state index is 13.5. The van der Waals surface area contributed by atoms with Gasteiger partial charge in [0, 0.05) is 30.1 Å². The Labute approximate surface area is 147 Å². The highest BCUT2D eigenvalue weighted by Gasteiger charge is 2.14. The molecule has 0 unspecified atom stereocenters. The molecule has 0 bridgehead atoms. The average Bonchev–Trinajstić information content (AvgIpc) is 3.00. The molecule has 9 heteroatoms. The number of aromatic nitrogens is 4. The van der Waals surface area contributed by atoms with Crippen molar-refractivity contribution in [2.24, 2.45) is 0 Å². The number of amides is 1. The summed E-state index contributed by atoms with van der Waals surface area (Å²) in [6.45, 7) is 0.127. The molecule has 7 nitrogen and oxygen atoms in total. The van der Waals surface area contributed by atoms with Crippen LogP contribution in [0.25, 0.3) is 11.4 Å². The second kappa shape index (κ2) is 7.75. The van der Waals surface area contributed by atoms with E-state index in [-0.39, 0.29) is 24.0 Å². The second-order valence-electron chi connectivity index (χ2n) is 5.07. The van der Waals surface area contributed by atoms with Gasteiger partial charge in [0.2, 0.25) is 11.1 Å². The van der Waals surface area contributed by atoms with Gasteiger partial charge in [0.15, 0.2) is 5.82 Å². The normalized spacial score (nSPS) is 10.6. The van der Waals surface area contributed by atoms with Gasteiger partial charge in [-0.25, -0.2) is 9.07 Å². The predicted molar refractivity (Wildman–Crippen MR) is 92.4 cm³/mol. The highest BCUT2D eigenvalue weighted by molar-refractivity contribution is 7.99. The molecule has 1 aromatic carbocycles. The quantitative estimate of drug-likeness (QED) is 0.513. The summed E-state index contributed by atoms with van der Waals surface area (Å²) in [6, 6.07) is 9.88. The lowest BCUT2D eigenvalue weighted by Gasteiger charge is -2.06. The maximum Gasteiger partial charge on any atom is 0.230 e. The number of hydrogen-bond acceptors (Lipinski definition) is 6. The molecule has 0 saturated carbocycles. The van der Waals surface area contributed by atoms with E-state index in [4.69, 9.17) is 5.84 Å². The highest BCUT2D eigenvalue weighted by Crippen LogP contribution is 2.20. The zero-order valence-corrected chi connectivity index (χ0v) is 13.9. The van der Waals surface area contributed by atoms with Crippen LogP contribution < -0.4 is 11.2 Å². The van der Waals surface area contributed by atoms with E-state index in [0.717, 1.165) is 17.3 Å². The number of benzene rings is 1. The first kappa shape index (κ1) is 16.9. The number of rotatable bonds is 6. The first-order valence-electron chi connectivity index (χ1n) is 7.39. The molecule has 3 aromatic rings. The molecule has 0 radical (unpaired) electrons. The summed E-state index contributed by atoms with van der Waals surface area (Å²) in [5.41, 5.74) is 1.16. The van der Waals surface area contributed by atoms with Crippen LogP contribution in [0.4, 0.5) is 4.39 Å². The molecule has 2 heterocycles. The van der Waals surface area contributed by atoms with E-state index in [1.165, 1.54) is 10.7 Å². The molecule has 3 N–H and O–H groups in total. The van der Waals surface area contributed by atoms with Crippen LogP contribution in [0.1, 0.15) is 5.56 Å². The summed E-state index contributed by atoms with van der Waals surface area (Å²) in [7, 11) is 0. The molecule has 0 aliphatic heterocycles. The SMILES string of the molecule is Nn1c(SCC(=O)NCc2ccccc2F)nnc1-c1cccnc1. The highest BCUT2D eigenvalue weighted by atomic mass is 32.2. The fraction of sp³-hybridized carbons (Fsp3) is 0.125. The summed E-state index contributed by atoms with van der Waals surface area (Å²) < 4.78 is 14.8. The minimum Gasteiger partial charge on any atom is -0.351 e. The van der Waals surface area contributed by atoms with Crippen molar-refractivity contribution in [2.75, 3.05) is 11.6 Å². The van der Waals surface area contributed by atoms with Crippen molar-refractivity contribution in [1.82, 2.24) is 25.2 Å². The lowest BCUT2D eigenvalue weighted by Crippen LogP contribution is -2.25. The van der Waals surface area contributed by atoms with Crippen molar-refractivity contribution in [3.63, 3.8) is 0 Å². The minimum absolute atomic E-state index is 0.0941. The van der Waals surface area contributed by atoms with Crippen molar-refractivity contribution < 1.29 is 9.18 Å². The van der Waals surface area contributed by atoms with E-state index in [1.807, 2.05) is 6.07 Å². The van der Waals surface area contributed by atoms with Gasteiger partial charge in [-0.05, 0) is 18.2 Å². The molecule has 0 saturated heterocycles. The average molecular weight is 358 g/mol. The van der Waals surface area contributed by atoms with E-state index in [2.05, 4.69) is 20.5 Å². The van der Waals surface area contributed by atoms with Gasteiger partial charge in [-0.2, -0.15) is 0 Å². The maximum absolute atomic E-state index is 13.5. The van der Waals surface area contributed by atoms with Gasteiger partial charge in [-0.1, -0.05) is 30.0 Å². The number of nitrogen functional groups attached to an aromatic ring is 1. The Hall–Kier alpha value is -2.94. The number of thioether (sulfide) groups is 1. The van der Waals surface area contributed by atoms with Gasteiger partial charge >= 0.3 is 0 Å². The molecule has 2 aromatic heterocycles. The van der Waals surface area contributed by atoms with E-state index in [1.54, 1.807) is 36.7 Å². The Bertz CT molecular complexity index is 870. The molecule has 0 aliphatic rings. The van der Waals surface area contributed by atoms with Crippen LogP contribution in [-0.4, -0.2) is 31.5 Å². The monoisotopic (exact) mass is 358 g/mol. The van der Waals surface area contributed by atoms with Gasteiger partial charge in [0.1, 0.15) is 5.82 Å². The molecule has 0 fully saturated rings. The number of pyridine rings is 1. The van der Waals surface area contributed by atoms with Crippen LogP contribution >= 0.6 is 11.8 Å². The number of nitrogens with two attached hydrogens (primary N) is 1. The third-order valence-corrected chi connectivity index (χ3v) is 4.29. The Kier molecular flexibility index (Phi) is 5.24. The Morgan fingerprint density at radius 1 is 1.24 bits per heavy atom. The molecular formula is C16H15FN6OS. The molecule has 0 aliphatic carbocycles. The summed E-state index contributed by atoms with van der Waals surface area (Å²) in [4.78, 5) is 15.9. The van der Waals surface area contributed by atoms with E-state index in [0.29, 0.717) is 16.5 Å². The first-order chi connectivity index (χ1) is 12.1. The number of hydrogen-bond donors (Lipinski definition) is 2. The summed E-state index contributed by atoms with van der Waals surface area (Å²) in [6.07, 6.45) is 3.28. The molecule has 3 rings (SSSR count). The lowest BCUT2D eigenvalue weighted by atomic mass is 10.2. The Morgan fingerprint density at radius 3 is 2.84 bits per heavy atom. The zero-order valence-electron chi connectivity index (χ0n) is 13.1. The number of carbonyl (C=O) groups excluding carboxylic acids is 1. The predicted octanol–water partition coefficient (Wildman–Crippen LogP) is 1.60. The van der Waals surface area contributed by atoms with Crippen molar-refractivity contribution >= 4 is 17.7 Å². The smallest absolute Gasteiger partial charge is 0.230 e. The molecule has 0 spiro atoms. The number of nitrogens with one attached hydrogen (secondary N) is 1. The van der Waals surface area contributed by atoms with Gasteiger partial charge < -0.3 is 11.2 Å². The molecular weight excluding hydrogens is 343 g/mol. The van der Waals surface area contributed by atoms with Crippen LogP contribution in [-0.2, 0) is 11.3 Å². The van der Waals surface area contributed by atoms with E-state index >= 15 is 0 Å². The fourth-order valence-corrected chi connectivity index (χ4v) is 2.77. The number of carbonyl (C=O) groups is 1. The van der Waals surface area contributed by atoms with Crippen LogP contribution in [0, 0.1) is 5.82 Å². The van der Waals surface area contributed by atoms with Crippen molar-refractivity contribution in [3.05, 3.63) is 60.2 Å². The standard InChI is InChI=1S/C16H15FN6OS/c17-13-6-2-1-4-11(13)9-20-14(24)10-25-16-22-21-15(23(16)18)12-5-3-7-19-8-12/h1-8H,9-10,18H2,(H,20,24). The van der Waals surface area contributed by atoms with Gasteiger partial charge in [0.25, 0.3) is 0 Å². The van der Waals surface area contributed by atoms with Crippen molar-refractivity contribution in [3.8, 4) is 11.4 Å². The van der Waals surface area contributed by atoms with Crippen molar-refractivity contribution in [1.29, 1.82) is 0 Å². The topological polar surface area (TPSA) is 98.7 Å². The third kappa shape index (κ3) is 4.13. The second-order valence-corrected chi connectivity index (χ2v) is 6.02. The molecule has 1 amide bonds. The molecule has 0 atom stereocenters. The summed E-state index contributed by atoms with van der Waals surface area (Å²) in [5, 5.41) is 11.1. The first-order valence-corrected chi connectivity index (χ1v) is 8.37. The van der Waals surface area contributed by atoms with Gasteiger partial charge in [0.05, 0.1) is 5.75 Å². The van der Waals surface area contributed by atoms with Gasteiger partial charge in [-0.15, -0.1) is 10.2 Å². The Morgan fingerprint density at radius 2 is 2.08 bits per heavy atom. The van der Waals surface area contributed by atoms with E-state index < -0.39 is 0 Å². The number of halogens is 1. The van der Waals surface area contributed by atoms with Crippen molar-refractivity contribution in [2.45, 2.75) is 11.7 Å². The van der Waals surface area contributed by atoms with E-state index in [9.17, 15) is 9.18 Å². The number of nitrogens with zero attached hydrogens (tertiary/aromatic N) is 4. The van der Waals surface area contributed by atoms with Crippen LogP contribution in [0.3, 0.4) is 0 Å². The molecule has 128 valence electrons.